The summed E-state index contributed by atoms with van der Waals surface area (Å²) in [6.45, 7) is 2.30. The summed E-state index contributed by atoms with van der Waals surface area (Å²) in [6, 6.07) is 7.93. The highest BCUT2D eigenvalue weighted by Crippen LogP contribution is 2.22. The van der Waals surface area contributed by atoms with Crippen LogP contribution in [0.4, 0.5) is 0 Å². The van der Waals surface area contributed by atoms with Crippen LogP contribution in [0.3, 0.4) is 0 Å². The van der Waals surface area contributed by atoms with Crippen LogP contribution >= 0.6 is 28.1 Å². The predicted octanol–water partition coefficient (Wildman–Crippen LogP) is 2.70. The van der Waals surface area contributed by atoms with Gasteiger partial charge in [0.1, 0.15) is 11.6 Å². The maximum absolute atomic E-state index is 5.80. The molecule has 0 aliphatic rings. The van der Waals surface area contributed by atoms with E-state index in [9.17, 15) is 0 Å². The molecule has 6 heteroatoms. The molecule has 19 heavy (non-hydrogen) atoms. The highest BCUT2D eigenvalue weighted by molar-refractivity contribution is 9.10. The summed E-state index contributed by atoms with van der Waals surface area (Å²) < 4.78 is 8.48. The van der Waals surface area contributed by atoms with Crippen LogP contribution in [0.5, 0.6) is 5.88 Å². The number of ether oxygens (including phenoxy) is 1. The fourth-order valence-corrected chi connectivity index (χ4v) is 2.55. The topological polar surface area (TPSA) is 53.1 Å². The molecule has 100 valence electrons. The Balaban J connectivity index is 2.22. The Morgan fingerprint density at radius 3 is 2.89 bits per heavy atom. The molecule has 0 aliphatic heterocycles. The lowest BCUT2D eigenvalue weighted by molar-refractivity contribution is 0.278. The van der Waals surface area contributed by atoms with Gasteiger partial charge in [-0.1, -0.05) is 40.3 Å². The summed E-state index contributed by atoms with van der Waals surface area (Å²) in [5, 5.41) is 4.28. The molecule has 0 amide bonds. The van der Waals surface area contributed by atoms with E-state index < -0.39 is 0 Å². The number of hydrogen-bond donors (Lipinski definition) is 1. The van der Waals surface area contributed by atoms with Crippen LogP contribution in [0.25, 0.3) is 0 Å². The van der Waals surface area contributed by atoms with Gasteiger partial charge in [-0.05, 0) is 24.6 Å². The largest absolute Gasteiger partial charge is 0.472 e. The monoisotopic (exact) mass is 339 g/mol. The molecule has 2 rings (SSSR count). The molecule has 2 N–H and O–H groups in total. The number of aryl methyl sites for hydroxylation is 2. The van der Waals surface area contributed by atoms with Crippen LogP contribution in [0.1, 0.15) is 16.8 Å². The Hall–Kier alpha value is -1.40. The second-order valence-electron chi connectivity index (χ2n) is 4.17. The van der Waals surface area contributed by atoms with E-state index in [1.165, 1.54) is 0 Å². The highest BCUT2D eigenvalue weighted by Gasteiger charge is 2.17. The van der Waals surface area contributed by atoms with Crippen LogP contribution < -0.4 is 10.5 Å². The highest BCUT2D eigenvalue weighted by atomic mass is 79.9. The number of thiocarbonyl (C=S) groups is 1. The first-order chi connectivity index (χ1) is 8.99. The Kier molecular flexibility index (Phi) is 4.21. The van der Waals surface area contributed by atoms with Crippen molar-refractivity contribution in [1.82, 2.24) is 9.78 Å². The number of halogens is 1. The third-order valence-electron chi connectivity index (χ3n) is 2.68. The summed E-state index contributed by atoms with van der Waals surface area (Å²) in [4.78, 5) is 0.301. The smallest absolute Gasteiger partial charge is 0.222 e. The second kappa shape index (κ2) is 5.71. The van der Waals surface area contributed by atoms with Gasteiger partial charge in [0, 0.05) is 11.5 Å². The van der Waals surface area contributed by atoms with Crippen molar-refractivity contribution >= 4 is 33.1 Å². The van der Waals surface area contributed by atoms with Gasteiger partial charge < -0.3 is 10.5 Å². The summed E-state index contributed by atoms with van der Waals surface area (Å²) >= 11 is 8.47. The van der Waals surface area contributed by atoms with Gasteiger partial charge in [-0.25, -0.2) is 4.68 Å². The standard InChI is InChI=1S/C13H14BrN3OS/c1-8-11(12(15)19)13(17(2)16-8)18-7-9-4-3-5-10(14)6-9/h3-6H,7H2,1-2H3,(H2,15,19). The molecule has 1 aromatic heterocycles. The first-order valence-corrected chi connectivity index (χ1v) is 6.90. The van der Waals surface area contributed by atoms with Gasteiger partial charge in [0.15, 0.2) is 0 Å². The van der Waals surface area contributed by atoms with Gasteiger partial charge in [0.2, 0.25) is 5.88 Å². The maximum atomic E-state index is 5.80. The van der Waals surface area contributed by atoms with Crippen molar-refractivity contribution in [3.63, 3.8) is 0 Å². The Labute approximate surface area is 125 Å². The van der Waals surface area contributed by atoms with E-state index in [0.717, 1.165) is 15.7 Å². The van der Waals surface area contributed by atoms with E-state index in [4.69, 9.17) is 22.7 Å². The molecular formula is C13H14BrN3OS. The van der Waals surface area contributed by atoms with Gasteiger partial charge in [0.25, 0.3) is 0 Å². The molecule has 4 nitrogen and oxygen atoms in total. The van der Waals surface area contributed by atoms with E-state index in [2.05, 4.69) is 21.0 Å². The third kappa shape index (κ3) is 3.13. The number of hydrogen-bond acceptors (Lipinski definition) is 3. The molecule has 1 aromatic carbocycles. The summed E-state index contributed by atoms with van der Waals surface area (Å²) in [5.41, 5.74) is 8.25. The maximum Gasteiger partial charge on any atom is 0.222 e. The number of rotatable bonds is 4. The quantitative estimate of drug-likeness (QED) is 0.870. The average molecular weight is 340 g/mol. The van der Waals surface area contributed by atoms with Gasteiger partial charge in [-0.15, -0.1) is 0 Å². The van der Waals surface area contributed by atoms with Crippen LogP contribution in [-0.2, 0) is 13.7 Å². The van der Waals surface area contributed by atoms with Crippen molar-refractivity contribution in [3.8, 4) is 5.88 Å². The van der Waals surface area contributed by atoms with E-state index in [1.807, 2.05) is 38.2 Å². The number of nitrogens with zero attached hydrogens (tertiary/aromatic N) is 2. The van der Waals surface area contributed by atoms with Crippen molar-refractivity contribution < 1.29 is 4.74 Å². The molecule has 0 fully saturated rings. The second-order valence-corrected chi connectivity index (χ2v) is 5.53. The molecule has 1 heterocycles. The predicted molar refractivity (Wildman–Crippen MR) is 82.3 cm³/mol. The molecule has 2 aromatic rings. The SMILES string of the molecule is Cc1nn(C)c(OCc2cccc(Br)c2)c1C(N)=S. The normalized spacial score (nSPS) is 10.5. The van der Waals surface area contributed by atoms with Crippen LogP contribution in [-0.4, -0.2) is 14.8 Å². The minimum atomic E-state index is 0.301. The van der Waals surface area contributed by atoms with Crippen molar-refractivity contribution in [2.45, 2.75) is 13.5 Å². The molecule has 0 aliphatic carbocycles. The number of aromatic nitrogens is 2. The zero-order chi connectivity index (χ0) is 14.0. The molecule has 0 unspecified atom stereocenters. The van der Waals surface area contributed by atoms with Crippen molar-refractivity contribution in [1.29, 1.82) is 0 Å². The lowest BCUT2D eigenvalue weighted by Gasteiger charge is -2.09. The molecule has 0 saturated heterocycles. The summed E-state index contributed by atoms with van der Waals surface area (Å²) in [5.74, 6) is 0.602. The minimum Gasteiger partial charge on any atom is -0.472 e. The molecule has 0 spiro atoms. The zero-order valence-corrected chi connectivity index (χ0v) is 13.1. The van der Waals surface area contributed by atoms with Crippen LogP contribution in [0, 0.1) is 6.92 Å². The number of benzene rings is 1. The van der Waals surface area contributed by atoms with Gasteiger partial charge >= 0.3 is 0 Å². The fourth-order valence-electron chi connectivity index (χ4n) is 1.86. The summed E-state index contributed by atoms with van der Waals surface area (Å²) in [7, 11) is 1.81. The van der Waals surface area contributed by atoms with Crippen molar-refractivity contribution in [3.05, 3.63) is 45.6 Å². The first kappa shape index (κ1) is 14.0. The Morgan fingerprint density at radius 1 is 1.53 bits per heavy atom. The van der Waals surface area contributed by atoms with Crippen LogP contribution in [0.15, 0.2) is 28.7 Å². The molecule has 0 bridgehead atoms. The van der Waals surface area contributed by atoms with E-state index in [0.29, 0.717) is 23.0 Å². The van der Waals surface area contributed by atoms with E-state index in [-0.39, 0.29) is 0 Å². The first-order valence-electron chi connectivity index (χ1n) is 5.69. The Bertz CT molecular complexity index is 624. The van der Waals surface area contributed by atoms with Gasteiger partial charge in [0.05, 0.1) is 11.3 Å². The molecular weight excluding hydrogens is 326 g/mol. The minimum absolute atomic E-state index is 0.301. The number of nitrogens with two attached hydrogens (primary N) is 1. The average Bonchev–Trinajstić information content (AvgIpc) is 2.61. The van der Waals surface area contributed by atoms with Crippen LogP contribution in [0.2, 0.25) is 0 Å². The fraction of sp³-hybridized carbons (Fsp3) is 0.231. The third-order valence-corrected chi connectivity index (χ3v) is 3.38. The molecule has 0 saturated carbocycles. The van der Waals surface area contributed by atoms with E-state index in [1.54, 1.807) is 4.68 Å². The lowest BCUT2D eigenvalue weighted by atomic mass is 10.2. The van der Waals surface area contributed by atoms with E-state index >= 15 is 0 Å². The Morgan fingerprint density at radius 2 is 2.26 bits per heavy atom. The molecule has 0 atom stereocenters. The van der Waals surface area contributed by atoms with Crippen molar-refractivity contribution in [2.24, 2.45) is 12.8 Å². The summed E-state index contributed by atoms with van der Waals surface area (Å²) in [6.07, 6.45) is 0. The van der Waals surface area contributed by atoms with Gasteiger partial charge in [-0.3, -0.25) is 0 Å². The lowest BCUT2D eigenvalue weighted by Crippen LogP contribution is -2.12. The zero-order valence-electron chi connectivity index (χ0n) is 10.7. The van der Waals surface area contributed by atoms with Gasteiger partial charge in [-0.2, -0.15) is 5.10 Å². The molecule has 0 radical (unpaired) electrons. The van der Waals surface area contributed by atoms with Crippen molar-refractivity contribution in [2.75, 3.05) is 0 Å².